The maximum Gasteiger partial charge on any atom is 0.337 e. The van der Waals surface area contributed by atoms with Crippen LogP contribution in [0.4, 0.5) is 0 Å². The number of sulfonamides is 1. The third-order valence-electron chi connectivity index (χ3n) is 2.65. The quantitative estimate of drug-likeness (QED) is 0.860. The molecule has 1 heterocycles. The molecule has 0 atom stereocenters. The van der Waals surface area contributed by atoms with E-state index in [0.717, 1.165) is 6.07 Å². The Kier molecular flexibility index (Phi) is 3.31. The van der Waals surface area contributed by atoms with Gasteiger partial charge >= 0.3 is 5.97 Å². The first-order valence-electron chi connectivity index (χ1n) is 5.32. The van der Waals surface area contributed by atoms with Crippen molar-refractivity contribution < 1.29 is 18.3 Å². The van der Waals surface area contributed by atoms with E-state index < -0.39 is 16.0 Å². The number of benzene rings is 1. The zero-order valence-electron chi connectivity index (χ0n) is 10.0. The Bertz CT molecular complexity index is 831. The Morgan fingerprint density at radius 2 is 2.05 bits per heavy atom. The predicted molar refractivity (Wildman–Crippen MR) is 68.8 cm³/mol. The number of hydrogen-bond acceptors (Lipinski definition) is 4. The number of nitrogens with zero attached hydrogens (tertiary/aromatic N) is 2. The highest BCUT2D eigenvalue weighted by Crippen LogP contribution is 2.21. The molecule has 3 N–H and O–H groups in total. The van der Waals surface area contributed by atoms with Gasteiger partial charge in [-0.1, -0.05) is 0 Å². The standard InChI is InChI=1S/C12H9N3O4S/c13-7-8-2-1-5-15(8)11-4-3-9(20(14,18)19)6-10(11)12(16)17/h1-6H,(H,16,17)(H2,14,18,19). The fourth-order valence-electron chi connectivity index (χ4n) is 1.76. The summed E-state index contributed by atoms with van der Waals surface area (Å²) >= 11 is 0. The van der Waals surface area contributed by atoms with Gasteiger partial charge in [-0.25, -0.2) is 18.4 Å². The molecule has 0 bridgehead atoms. The highest BCUT2D eigenvalue weighted by Gasteiger charge is 2.18. The normalized spacial score (nSPS) is 11.0. The van der Waals surface area contributed by atoms with Crippen LogP contribution in [0.25, 0.3) is 5.69 Å². The first-order chi connectivity index (χ1) is 9.34. The molecule has 2 aromatic rings. The summed E-state index contributed by atoms with van der Waals surface area (Å²) in [6.45, 7) is 0. The van der Waals surface area contributed by atoms with Crippen LogP contribution in [0.3, 0.4) is 0 Å². The number of carbonyl (C=O) groups is 1. The first-order valence-corrected chi connectivity index (χ1v) is 6.87. The lowest BCUT2D eigenvalue weighted by molar-refractivity contribution is 0.0696. The van der Waals surface area contributed by atoms with Crippen molar-refractivity contribution in [3.63, 3.8) is 0 Å². The van der Waals surface area contributed by atoms with Gasteiger partial charge in [0.2, 0.25) is 10.0 Å². The van der Waals surface area contributed by atoms with Gasteiger partial charge in [-0.3, -0.25) is 0 Å². The van der Waals surface area contributed by atoms with Gasteiger partial charge in [0.1, 0.15) is 11.8 Å². The molecule has 8 heteroatoms. The second-order valence-corrected chi connectivity index (χ2v) is 5.47. The molecular formula is C12H9N3O4S. The second-order valence-electron chi connectivity index (χ2n) is 3.90. The van der Waals surface area contributed by atoms with Crippen LogP contribution in [0.5, 0.6) is 0 Å². The maximum absolute atomic E-state index is 11.3. The van der Waals surface area contributed by atoms with Crippen LogP contribution < -0.4 is 5.14 Å². The minimum absolute atomic E-state index is 0.187. The molecule has 0 saturated carbocycles. The number of aromatic carboxylic acids is 1. The molecule has 1 aromatic carbocycles. The highest BCUT2D eigenvalue weighted by atomic mass is 32.2. The van der Waals surface area contributed by atoms with Gasteiger partial charge in [0.25, 0.3) is 0 Å². The molecule has 7 nitrogen and oxygen atoms in total. The number of aromatic nitrogens is 1. The van der Waals surface area contributed by atoms with E-state index >= 15 is 0 Å². The molecule has 0 aliphatic heterocycles. The van der Waals surface area contributed by atoms with Crippen LogP contribution in [0.15, 0.2) is 41.4 Å². The Morgan fingerprint density at radius 3 is 2.60 bits per heavy atom. The fourth-order valence-corrected chi connectivity index (χ4v) is 2.30. The molecule has 0 unspecified atom stereocenters. The molecule has 0 radical (unpaired) electrons. The van der Waals surface area contributed by atoms with Gasteiger partial charge in [-0.2, -0.15) is 5.26 Å². The van der Waals surface area contributed by atoms with Crippen LogP contribution in [0, 0.1) is 11.3 Å². The summed E-state index contributed by atoms with van der Waals surface area (Å²) in [6.07, 6.45) is 1.51. The lowest BCUT2D eigenvalue weighted by atomic mass is 10.1. The number of carboxylic acids is 1. The summed E-state index contributed by atoms with van der Waals surface area (Å²) in [5.41, 5.74) is 0.159. The molecule has 0 spiro atoms. The number of hydrogen-bond donors (Lipinski definition) is 2. The summed E-state index contributed by atoms with van der Waals surface area (Å²) in [5.74, 6) is -1.32. The van der Waals surface area contributed by atoms with Crippen LogP contribution in [0.2, 0.25) is 0 Å². The number of carboxylic acid groups (broad SMARTS) is 1. The lowest BCUT2D eigenvalue weighted by Gasteiger charge is -2.10. The lowest BCUT2D eigenvalue weighted by Crippen LogP contribution is -2.14. The van der Waals surface area contributed by atoms with Crippen LogP contribution in [0.1, 0.15) is 16.1 Å². The zero-order valence-corrected chi connectivity index (χ0v) is 10.8. The Morgan fingerprint density at radius 1 is 1.35 bits per heavy atom. The van der Waals surface area contributed by atoms with Crippen molar-refractivity contribution in [1.82, 2.24) is 4.57 Å². The number of rotatable bonds is 3. The van der Waals surface area contributed by atoms with E-state index in [9.17, 15) is 18.3 Å². The van der Waals surface area contributed by atoms with Crippen LogP contribution >= 0.6 is 0 Å². The van der Waals surface area contributed by atoms with Gasteiger partial charge in [-0.15, -0.1) is 0 Å². The van der Waals surface area contributed by atoms with Gasteiger partial charge in [0.15, 0.2) is 0 Å². The molecule has 0 saturated heterocycles. The predicted octanol–water partition coefficient (Wildman–Crippen LogP) is 0.695. The van der Waals surface area contributed by atoms with Crippen molar-refractivity contribution in [2.45, 2.75) is 4.90 Å². The minimum atomic E-state index is -4.00. The summed E-state index contributed by atoms with van der Waals surface area (Å²) < 4.78 is 23.9. The van der Waals surface area contributed by atoms with Gasteiger partial charge in [0, 0.05) is 6.20 Å². The minimum Gasteiger partial charge on any atom is -0.478 e. The molecule has 0 fully saturated rings. The van der Waals surface area contributed by atoms with E-state index in [2.05, 4.69) is 0 Å². The average molecular weight is 291 g/mol. The SMILES string of the molecule is N#Cc1cccn1-c1ccc(S(N)(=O)=O)cc1C(=O)O. The molecule has 1 aromatic heterocycles. The smallest absolute Gasteiger partial charge is 0.337 e. The Hall–Kier alpha value is -2.63. The van der Waals surface area contributed by atoms with Crippen molar-refractivity contribution in [2.24, 2.45) is 5.14 Å². The average Bonchev–Trinajstić information content (AvgIpc) is 2.84. The number of primary sulfonamides is 1. The van der Waals surface area contributed by atoms with Crippen molar-refractivity contribution in [2.75, 3.05) is 0 Å². The van der Waals surface area contributed by atoms with E-state index in [1.165, 1.54) is 29.0 Å². The van der Waals surface area contributed by atoms with Gasteiger partial charge in [-0.05, 0) is 30.3 Å². The molecule has 0 amide bonds. The van der Waals surface area contributed by atoms with Gasteiger partial charge < -0.3 is 9.67 Å². The third kappa shape index (κ3) is 2.40. The topological polar surface area (TPSA) is 126 Å². The highest BCUT2D eigenvalue weighted by molar-refractivity contribution is 7.89. The number of nitrogens with two attached hydrogens (primary N) is 1. The van der Waals surface area contributed by atoms with Crippen LogP contribution in [-0.2, 0) is 10.0 Å². The van der Waals surface area contributed by atoms with E-state index in [1.54, 1.807) is 6.07 Å². The van der Waals surface area contributed by atoms with Crippen LogP contribution in [-0.4, -0.2) is 24.1 Å². The Labute approximate surface area is 114 Å². The summed E-state index contributed by atoms with van der Waals surface area (Å²) in [7, 11) is -4.00. The molecule has 20 heavy (non-hydrogen) atoms. The van der Waals surface area contributed by atoms with Gasteiger partial charge in [0.05, 0.1) is 16.1 Å². The fraction of sp³-hybridized carbons (Fsp3) is 0. The van der Waals surface area contributed by atoms with Crippen molar-refractivity contribution in [3.05, 3.63) is 47.8 Å². The monoisotopic (exact) mass is 291 g/mol. The summed E-state index contributed by atoms with van der Waals surface area (Å²) in [5, 5.41) is 23.1. The van der Waals surface area contributed by atoms with Crippen molar-refractivity contribution in [3.8, 4) is 11.8 Å². The van der Waals surface area contributed by atoms with E-state index in [1.807, 2.05) is 6.07 Å². The zero-order chi connectivity index (χ0) is 14.9. The van der Waals surface area contributed by atoms with E-state index in [4.69, 9.17) is 10.4 Å². The summed E-state index contributed by atoms with van der Waals surface area (Å²) in [4.78, 5) is 11.0. The largest absolute Gasteiger partial charge is 0.478 e. The number of nitriles is 1. The molecule has 0 aliphatic rings. The molecule has 102 valence electrons. The first kappa shape index (κ1) is 13.8. The van der Waals surface area contributed by atoms with Crippen molar-refractivity contribution >= 4 is 16.0 Å². The van der Waals surface area contributed by atoms with E-state index in [-0.39, 0.29) is 21.8 Å². The molecular weight excluding hydrogens is 282 g/mol. The van der Waals surface area contributed by atoms with Crippen molar-refractivity contribution in [1.29, 1.82) is 5.26 Å². The Balaban J connectivity index is 2.73. The molecule has 0 aliphatic carbocycles. The summed E-state index contributed by atoms with van der Waals surface area (Å²) in [6, 6.07) is 8.46. The second kappa shape index (κ2) is 4.80. The maximum atomic E-state index is 11.3. The third-order valence-corrected chi connectivity index (χ3v) is 3.56. The van der Waals surface area contributed by atoms with E-state index in [0.29, 0.717) is 0 Å². The molecule has 2 rings (SSSR count).